The molecular formula is C4H9N5O. The summed E-state index contributed by atoms with van der Waals surface area (Å²) >= 11 is 0. The van der Waals surface area contributed by atoms with Crippen molar-refractivity contribution in [3.8, 4) is 0 Å². The predicted molar refractivity (Wildman–Crippen MR) is 35.9 cm³/mol. The summed E-state index contributed by atoms with van der Waals surface area (Å²) in [7, 11) is 0. The lowest BCUT2D eigenvalue weighted by Gasteiger charge is -1.95. The summed E-state index contributed by atoms with van der Waals surface area (Å²) < 4.78 is 1.34. The van der Waals surface area contributed by atoms with Gasteiger partial charge in [0, 0.05) is 0 Å². The minimum Gasteiger partial charge on any atom is -0.394 e. The highest BCUT2D eigenvalue weighted by Crippen LogP contribution is 1.99. The summed E-state index contributed by atoms with van der Waals surface area (Å²) in [5.41, 5.74) is 10.5. The molecule has 1 aromatic heterocycles. The van der Waals surface area contributed by atoms with Crippen molar-refractivity contribution >= 4 is 11.9 Å². The number of hydrogen-bond acceptors (Lipinski definition) is 5. The second-order valence-corrected chi connectivity index (χ2v) is 1.77. The molecule has 0 aliphatic heterocycles. The van der Waals surface area contributed by atoms with Crippen LogP contribution in [-0.4, -0.2) is 26.5 Å². The quantitative estimate of drug-likeness (QED) is 0.464. The van der Waals surface area contributed by atoms with Crippen LogP contribution in [0.25, 0.3) is 0 Å². The molecule has 0 fully saturated rings. The summed E-state index contributed by atoms with van der Waals surface area (Å²) in [6.45, 7) is 0.309. The van der Waals surface area contributed by atoms with Crippen molar-refractivity contribution in [1.29, 1.82) is 0 Å². The fourth-order valence-electron chi connectivity index (χ4n) is 0.632. The number of hydrogen-bond donors (Lipinski definition) is 3. The van der Waals surface area contributed by atoms with E-state index in [9.17, 15) is 0 Å². The van der Waals surface area contributed by atoms with Gasteiger partial charge in [0.15, 0.2) is 0 Å². The first kappa shape index (κ1) is 6.81. The topological polar surface area (TPSA) is 103 Å². The van der Waals surface area contributed by atoms with Crippen molar-refractivity contribution in [2.45, 2.75) is 6.54 Å². The predicted octanol–water partition coefficient (Wildman–Crippen LogP) is -1.57. The maximum Gasteiger partial charge on any atom is 0.241 e. The maximum absolute atomic E-state index is 8.47. The van der Waals surface area contributed by atoms with Gasteiger partial charge in [-0.2, -0.15) is 4.98 Å². The van der Waals surface area contributed by atoms with Gasteiger partial charge in [0.1, 0.15) is 0 Å². The van der Waals surface area contributed by atoms with Gasteiger partial charge in [0.05, 0.1) is 13.2 Å². The zero-order valence-corrected chi connectivity index (χ0v) is 5.36. The SMILES string of the molecule is Nc1nc(N)n(CCO)n1. The largest absolute Gasteiger partial charge is 0.394 e. The molecule has 1 rings (SSSR count). The highest BCUT2D eigenvalue weighted by Gasteiger charge is 2.00. The Bertz CT molecular complexity index is 219. The molecule has 10 heavy (non-hydrogen) atoms. The molecule has 6 nitrogen and oxygen atoms in total. The van der Waals surface area contributed by atoms with Crippen molar-refractivity contribution < 1.29 is 5.11 Å². The van der Waals surface area contributed by atoms with E-state index in [1.165, 1.54) is 4.68 Å². The average Bonchev–Trinajstić information content (AvgIpc) is 2.13. The molecule has 0 saturated heterocycles. The number of nitrogens with zero attached hydrogens (tertiary/aromatic N) is 3. The van der Waals surface area contributed by atoms with Gasteiger partial charge in [0.25, 0.3) is 0 Å². The van der Waals surface area contributed by atoms with E-state index >= 15 is 0 Å². The van der Waals surface area contributed by atoms with Crippen LogP contribution in [0, 0.1) is 0 Å². The molecule has 6 heteroatoms. The molecular weight excluding hydrogens is 134 g/mol. The molecule has 56 valence electrons. The molecule has 0 spiro atoms. The summed E-state index contributed by atoms with van der Waals surface area (Å²) in [6.07, 6.45) is 0. The highest BCUT2D eigenvalue weighted by atomic mass is 16.3. The van der Waals surface area contributed by atoms with Gasteiger partial charge in [-0.25, -0.2) is 4.68 Å². The lowest BCUT2D eigenvalue weighted by atomic mass is 10.7. The molecule has 1 heterocycles. The lowest BCUT2D eigenvalue weighted by Crippen LogP contribution is -2.07. The minimum atomic E-state index is -0.0208. The molecule has 0 saturated carbocycles. The molecule has 1 aromatic rings. The van der Waals surface area contributed by atoms with Gasteiger partial charge in [-0.3, -0.25) is 0 Å². The third-order valence-electron chi connectivity index (χ3n) is 1.03. The van der Waals surface area contributed by atoms with Crippen molar-refractivity contribution in [2.24, 2.45) is 0 Å². The molecule has 0 unspecified atom stereocenters. The van der Waals surface area contributed by atoms with Gasteiger partial charge in [-0.15, -0.1) is 5.10 Å². The van der Waals surface area contributed by atoms with E-state index in [1.54, 1.807) is 0 Å². The first-order chi connectivity index (χ1) is 4.74. The van der Waals surface area contributed by atoms with Crippen LogP contribution in [0.5, 0.6) is 0 Å². The van der Waals surface area contributed by atoms with E-state index in [2.05, 4.69) is 10.1 Å². The smallest absolute Gasteiger partial charge is 0.241 e. The second-order valence-electron chi connectivity index (χ2n) is 1.77. The summed E-state index contributed by atoms with van der Waals surface area (Å²) in [5.74, 6) is 0.359. The Kier molecular flexibility index (Phi) is 1.72. The number of nitrogen functional groups attached to an aromatic ring is 2. The third kappa shape index (κ3) is 1.16. The summed E-state index contributed by atoms with van der Waals surface area (Å²) in [4.78, 5) is 3.63. The lowest BCUT2D eigenvalue weighted by molar-refractivity contribution is 0.270. The number of aliphatic hydroxyl groups excluding tert-OH is 1. The van der Waals surface area contributed by atoms with E-state index in [0.29, 0.717) is 6.54 Å². The van der Waals surface area contributed by atoms with E-state index in [1.807, 2.05) is 0 Å². The van der Waals surface area contributed by atoms with Crippen LogP contribution in [0.4, 0.5) is 11.9 Å². The van der Waals surface area contributed by atoms with Crippen LogP contribution in [0.2, 0.25) is 0 Å². The van der Waals surface area contributed by atoms with Gasteiger partial charge in [-0.05, 0) is 0 Å². The fourth-order valence-corrected chi connectivity index (χ4v) is 0.632. The number of rotatable bonds is 2. The van der Waals surface area contributed by atoms with Crippen molar-refractivity contribution in [2.75, 3.05) is 18.1 Å². The second kappa shape index (κ2) is 2.53. The minimum absolute atomic E-state index is 0.0208. The average molecular weight is 143 g/mol. The summed E-state index contributed by atoms with van der Waals surface area (Å²) in [5, 5.41) is 12.2. The normalized spacial score (nSPS) is 10.1. The summed E-state index contributed by atoms with van der Waals surface area (Å²) in [6, 6.07) is 0. The van der Waals surface area contributed by atoms with Gasteiger partial charge in [0.2, 0.25) is 11.9 Å². The Labute approximate surface area is 57.5 Å². The Morgan fingerprint density at radius 3 is 2.60 bits per heavy atom. The molecule has 0 aliphatic rings. The van der Waals surface area contributed by atoms with Gasteiger partial charge >= 0.3 is 0 Å². The number of aliphatic hydroxyl groups is 1. The van der Waals surface area contributed by atoms with Crippen LogP contribution in [0.3, 0.4) is 0 Å². The van der Waals surface area contributed by atoms with Crippen LogP contribution >= 0.6 is 0 Å². The molecule has 5 N–H and O–H groups in total. The van der Waals surface area contributed by atoms with Crippen LogP contribution in [-0.2, 0) is 6.54 Å². The van der Waals surface area contributed by atoms with E-state index in [-0.39, 0.29) is 18.5 Å². The molecule has 0 aliphatic carbocycles. The fraction of sp³-hybridized carbons (Fsp3) is 0.500. The number of aromatic nitrogens is 3. The number of anilines is 2. The first-order valence-electron chi connectivity index (χ1n) is 2.80. The molecule has 0 bridgehead atoms. The van der Waals surface area contributed by atoms with Gasteiger partial charge in [-0.1, -0.05) is 0 Å². The van der Waals surface area contributed by atoms with E-state index in [0.717, 1.165) is 0 Å². The zero-order chi connectivity index (χ0) is 7.56. The molecule has 0 aromatic carbocycles. The molecule has 0 atom stereocenters. The first-order valence-corrected chi connectivity index (χ1v) is 2.80. The van der Waals surface area contributed by atoms with E-state index in [4.69, 9.17) is 16.6 Å². The van der Waals surface area contributed by atoms with Crippen molar-refractivity contribution in [3.63, 3.8) is 0 Å². The van der Waals surface area contributed by atoms with Crippen molar-refractivity contribution in [3.05, 3.63) is 0 Å². The standard InChI is InChI=1S/C4H9N5O/c5-3-7-4(6)9(8-3)1-2-10/h10H,1-2H2,(H4,5,6,7,8). The Morgan fingerprint density at radius 1 is 1.50 bits per heavy atom. The highest BCUT2D eigenvalue weighted by molar-refractivity contribution is 5.25. The van der Waals surface area contributed by atoms with Crippen molar-refractivity contribution in [1.82, 2.24) is 14.8 Å². The van der Waals surface area contributed by atoms with Crippen LogP contribution < -0.4 is 11.5 Å². The monoisotopic (exact) mass is 143 g/mol. The van der Waals surface area contributed by atoms with Crippen LogP contribution in [0.15, 0.2) is 0 Å². The van der Waals surface area contributed by atoms with Gasteiger partial charge < -0.3 is 16.6 Å². The Balaban J connectivity index is 2.81. The Hall–Kier alpha value is -1.30. The number of nitrogens with two attached hydrogens (primary N) is 2. The maximum atomic E-state index is 8.47. The van der Waals surface area contributed by atoms with Crippen LogP contribution in [0.1, 0.15) is 0 Å². The third-order valence-corrected chi connectivity index (χ3v) is 1.03. The Morgan fingerprint density at radius 2 is 2.20 bits per heavy atom. The van der Waals surface area contributed by atoms with E-state index < -0.39 is 0 Å². The molecule has 0 amide bonds. The molecule has 0 radical (unpaired) electrons. The zero-order valence-electron chi connectivity index (χ0n) is 5.36.